The lowest BCUT2D eigenvalue weighted by molar-refractivity contribution is -0.113. The Labute approximate surface area is 151 Å². The van der Waals surface area contributed by atoms with E-state index in [2.05, 4.69) is 15.3 Å². The van der Waals surface area contributed by atoms with E-state index in [1.54, 1.807) is 0 Å². The van der Waals surface area contributed by atoms with E-state index >= 15 is 0 Å². The first-order valence-corrected chi connectivity index (χ1v) is 9.00. The highest BCUT2D eigenvalue weighted by atomic mass is 32.2. The minimum absolute atomic E-state index is 0.0642. The summed E-state index contributed by atoms with van der Waals surface area (Å²) in [5.74, 6) is 0.206. The summed E-state index contributed by atoms with van der Waals surface area (Å²) in [6.07, 6.45) is 0. The van der Waals surface area contributed by atoms with Gasteiger partial charge in [-0.3, -0.25) is 4.79 Å². The molecule has 0 radical (unpaired) electrons. The van der Waals surface area contributed by atoms with Crippen LogP contribution in [0.3, 0.4) is 0 Å². The number of thioether (sulfide) groups is 1. The van der Waals surface area contributed by atoms with Gasteiger partial charge in [0, 0.05) is 16.9 Å². The van der Waals surface area contributed by atoms with E-state index in [4.69, 9.17) is 0 Å². The van der Waals surface area contributed by atoms with Gasteiger partial charge >= 0.3 is 0 Å². The lowest BCUT2D eigenvalue weighted by Gasteiger charge is -2.08. The summed E-state index contributed by atoms with van der Waals surface area (Å²) in [4.78, 5) is 21.2. The Hall–Kier alpha value is -2.66. The maximum atomic E-state index is 12.2. The fraction of sp³-hybridized carbons (Fsp3) is 0.150. The summed E-state index contributed by atoms with van der Waals surface area (Å²) in [6, 6.07) is 19.6. The highest BCUT2D eigenvalue weighted by Crippen LogP contribution is 2.22. The third kappa shape index (κ3) is 4.67. The van der Waals surface area contributed by atoms with Crippen LogP contribution in [0.1, 0.15) is 11.3 Å². The van der Waals surface area contributed by atoms with Crippen LogP contribution >= 0.6 is 11.8 Å². The first kappa shape index (κ1) is 17.2. The molecule has 0 aliphatic carbocycles. The van der Waals surface area contributed by atoms with Crippen molar-refractivity contribution in [3.05, 3.63) is 71.9 Å². The summed E-state index contributed by atoms with van der Waals surface area (Å²) in [7, 11) is 0. The molecule has 0 aliphatic rings. The van der Waals surface area contributed by atoms with Crippen molar-refractivity contribution >= 4 is 23.4 Å². The number of amides is 1. The number of nitrogens with one attached hydrogen (secondary N) is 1. The van der Waals surface area contributed by atoms with Crippen molar-refractivity contribution in [1.29, 1.82) is 0 Å². The van der Waals surface area contributed by atoms with Crippen molar-refractivity contribution in [2.24, 2.45) is 0 Å². The van der Waals surface area contributed by atoms with Gasteiger partial charge in [0.15, 0.2) is 5.16 Å². The maximum absolute atomic E-state index is 12.2. The zero-order valence-electron chi connectivity index (χ0n) is 14.2. The normalized spacial score (nSPS) is 10.5. The van der Waals surface area contributed by atoms with Crippen LogP contribution in [0, 0.1) is 13.8 Å². The highest BCUT2D eigenvalue weighted by Gasteiger charge is 2.09. The Bertz CT molecular complexity index is 881. The molecule has 25 heavy (non-hydrogen) atoms. The van der Waals surface area contributed by atoms with Crippen molar-refractivity contribution in [1.82, 2.24) is 9.97 Å². The van der Waals surface area contributed by atoms with Gasteiger partial charge in [0.25, 0.3) is 0 Å². The van der Waals surface area contributed by atoms with E-state index < -0.39 is 0 Å². The number of benzene rings is 2. The molecule has 126 valence electrons. The number of aryl methyl sites for hydroxylation is 2. The molecule has 3 aromatic rings. The van der Waals surface area contributed by atoms with Gasteiger partial charge in [-0.25, -0.2) is 9.97 Å². The number of anilines is 1. The molecule has 1 heterocycles. The molecule has 1 aromatic heterocycles. The number of hydrogen-bond donors (Lipinski definition) is 1. The number of rotatable bonds is 5. The molecule has 0 unspecified atom stereocenters. The van der Waals surface area contributed by atoms with Crippen molar-refractivity contribution in [3.63, 3.8) is 0 Å². The number of para-hydroxylation sites is 1. The molecule has 0 saturated carbocycles. The molecule has 0 saturated heterocycles. The molecule has 0 spiro atoms. The van der Waals surface area contributed by atoms with Crippen molar-refractivity contribution in [2.75, 3.05) is 11.1 Å². The molecule has 0 aliphatic heterocycles. The monoisotopic (exact) mass is 349 g/mol. The second-order valence-electron chi connectivity index (χ2n) is 5.69. The standard InChI is InChI=1S/C20H19N3OS/c1-14-8-6-7-11-17(14)22-19(24)13-25-20-21-15(2)12-18(23-20)16-9-4-3-5-10-16/h3-12H,13H2,1-2H3,(H,22,24). The summed E-state index contributed by atoms with van der Waals surface area (Å²) in [6.45, 7) is 3.91. The predicted octanol–water partition coefficient (Wildman–Crippen LogP) is 4.49. The van der Waals surface area contributed by atoms with Crippen LogP contribution in [0.5, 0.6) is 0 Å². The van der Waals surface area contributed by atoms with Crippen LogP contribution < -0.4 is 5.32 Å². The topological polar surface area (TPSA) is 54.9 Å². The molecule has 5 heteroatoms. The smallest absolute Gasteiger partial charge is 0.234 e. The minimum atomic E-state index is -0.0642. The average Bonchev–Trinajstić information content (AvgIpc) is 2.62. The Balaban J connectivity index is 1.68. The molecule has 0 bridgehead atoms. The Kier molecular flexibility index (Phi) is 5.46. The molecule has 4 nitrogen and oxygen atoms in total. The molecular weight excluding hydrogens is 330 g/mol. The zero-order chi connectivity index (χ0) is 17.6. The molecule has 3 rings (SSSR count). The fourth-order valence-corrected chi connectivity index (χ4v) is 3.10. The van der Waals surface area contributed by atoms with Crippen molar-refractivity contribution < 1.29 is 4.79 Å². The molecular formula is C20H19N3OS. The zero-order valence-corrected chi connectivity index (χ0v) is 15.0. The highest BCUT2D eigenvalue weighted by molar-refractivity contribution is 7.99. The van der Waals surface area contributed by atoms with Crippen molar-refractivity contribution in [2.45, 2.75) is 19.0 Å². The number of carbonyl (C=O) groups is 1. The quantitative estimate of drug-likeness (QED) is 0.545. The third-order valence-electron chi connectivity index (χ3n) is 3.65. The number of carbonyl (C=O) groups excluding carboxylic acids is 1. The van der Waals surface area contributed by atoms with Gasteiger partial charge in [-0.05, 0) is 31.5 Å². The number of nitrogens with zero attached hydrogens (tertiary/aromatic N) is 2. The van der Waals surface area contributed by atoms with E-state index in [0.29, 0.717) is 5.16 Å². The van der Waals surface area contributed by atoms with Gasteiger partial charge in [0.1, 0.15) is 0 Å². The molecule has 0 atom stereocenters. The van der Waals surface area contributed by atoms with Crippen LogP contribution in [-0.4, -0.2) is 21.6 Å². The number of hydrogen-bond acceptors (Lipinski definition) is 4. The van der Waals surface area contributed by atoms with Crippen LogP contribution in [0.4, 0.5) is 5.69 Å². The Morgan fingerprint density at radius 2 is 1.72 bits per heavy atom. The van der Waals surface area contributed by atoms with E-state index in [0.717, 1.165) is 28.2 Å². The van der Waals surface area contributed by atoms with Gasteiger partial charge < -0.3 is 5.32 Å². The Morgan fingerprint density at radius 3 is 2.48 bits per heavy atom. The van der Waals surface area contributed by atoms with E-state index in [9.17, 15) is 4.79 Å². The molecule has 2 aromatic carbocycles. The van der Waals surface area contributed by atoms with Crippen LogP contribution in [0.15, 0.2) is 65.8 Å². The first-order chi connectivity index (χ1) is 12.1. The molecule has 1 N–H and O–H groups in total. The summed E-state index contributed by atoms with van der Waals surface area (Å²) >= 11 is 1.34. The lowest BCUT2D eigenvalue weighted by atomic mass is 10.1. The van der Waals surface area contributed by atoms with Gasteiger partial charge in [0.2, 0.25) is 5.91 Å². The summed E-state index contributed by atoms with van der Waals surface area (Å²) < 4.78 is 0. The minimum Gasteiger partial charge on any atom is -0.325 e. The van der Waals surface area contributed by atoms with Gasteiger partial charge in [0.05, 0.1) is 11.4 Å². The average molecular weight is 349 g/mol. The predicted molar refractivity (Wildman–Crippen MR) is 103 cm³/mol. The van der Waals surface area contributed by atoms with Crippen molar-refractivity contribution in [3.8, 4) is 11.3 Å². The van der Waals surface area contributed by atoms with Crippen LogP contribution in [0.25, 0.3) is 11.3 Å². The maximum Gasteiger partial charge on any atom is 0.234 e. The van der Waals surface area contributed by atoms with Gasteiger partial charge in [-0.1, -0.05) is 60.3 Å². The van der Waals surface area contributed by atoms with Gasteiger partial charge in [-0.15, -0.1) is 0 Å². The van der Waals surface area contributed by atoms with E-state index in [1.165, 1.54) is 11.8 Å². The lowest BCUT2D eigenvalue weighted by Crippen LogP contribution is -2.15. The second-order valence-corrected chi connectivity index (χ2v) is 6.64. The molecule has 0 fully saturated rings. The van der Waals surface area contributed by atoms with E-state index in [1.807, 2.05) is 74.5 Å². The van der Waals surface area contributed by atoms with Crippen LogP contribution in [0.2, 0.25) is 0 Å². The number of aromatic nitrogens is 2. The fourth-order valence-electron chi connectivity index (χ4n) is 2.39. The second kappa shape index (κ2) is 7.94. The van der Waals surface area contributed by atoms with Gasteiger partial charge in [-0.2, -0.15) is 0 Å². The SMILES string of the molecule is Cc1cc(-c2ccccc2)nc(SCC(=O)Nc2ccccc2C)n1. The first-order valence-electron chi connectivity index (χ1n) is 8.01. The summed E-state index contributed by atoms with van der Waals surface area (Å²) in [5.41, 5.74) is 4.67. The third-order valence-corrected chi connectivity index (χ3v) is 4.50. The molecule has 1 amide bonds. The summed E-state index contributed by atoms with van der Waals surface area (Å²) in [5, 5.41) is 3.54. The largest absolute Gasteiger partial charge is 0.325 e. The Morgan fingerprint density at radius 1 is 1.00 bits per heavy atom. The van der Waals surface area contributed by atoms with E-state index in [-0.39, 0.29) is 11.7 Å². The van der Waals surface area contributed by atoms with Crippen LogP contribution in [-0.2, 0) is 4.79 Å².